The van der Waals surface area contributed by atoms with Crippen LogP contribution in [0.4, 0.5) is 0 Å². The number of hydrogen-bond acceptors (Lipinski definition) is 4. The topological polar surface area (TPSA) is 59.9 Å². The molecule has 2 aliphatic rings. The Hall–Kier alpha value is -2.30. The van der Waals surface area contributed by atoms with E-state index in [1.165, 1.54) is 0 Å². The van der Waals surface area contributed by atoms with Crippen LogP contribution in [0.1, 0.15) is 12.5 Å². The van der Waals surface area contributed by atoms with Crippen LogP contribution in [0, 0.1) is 0 Å². The number of benzene rings is 1. The van der Waals surface area contributed by atoms with Gasteiger partial charge >= 0.3 is 0 Å². The molecule has 0 aromatic heterocycles. The molecule has 1 amide bonds. The fraction of sp³-hybridized carbons (Fsp3) is 0.167. The van der Waals surface area contributed by atoms with Crippen LogP contribution in [0.5, 0.6) is 11.5 Å². The van der Waals surface area contributed by atoms with E-state index in [1.54, 1.807) is 13.0 Å². The highest BCUT2D eigenvalue weighted by Gasteiger charge is 2.17. The average molecular weight is 230 g/mol. The summed E-state index contributed by atoms with van der Waals surface area (Å²) in [5.41, 5.74) is 1.26. The maximum atomic E-state index is 11.5. The summed E-state index contributed by atoms with van der Waals surface area (Å²) in [7, 11) is 0. The first-order valence-corrected chi connectivity index (χ1v) is 5.20. The summed E-state index contributed by atoms with van der Waals surface area (Å²) in [4.78, 5) is 15.6. The van der Waals surface area contributed by atoms with Gasteiger partial charge in [-0.25, -0.2) is 4.99 Å². The first kappa shape index (κ1) is 9.89. The number of amides is 1. The van der Waals surface area contributed by atoms with Crippen molar-refractivity contribution in [3.05, 3.63) is 29.5 Å². The number of nitrogens with one attached hydrogen (secondary N) is 1. The van der Waals surface area contributed by atoms with Crippen LogP contribution >= 0.6 is 0 Å². The van der Waals surface area contributed by atoms with E-state index in [9.17, 15) is 4.79 Å². The van der Waals surface area contributed by atoms with Crippen molar-refractivity contribution in [1.82, 2.24) is 5.32 Å². The average Bonchev–Trinajstić information content (AvgIpc) is 2.85. The Labute approximate surface area is 97.8 Å². The van der Waals surface area contributed by atoms with E-state index >= 15 is 0 Å². The predicted octanol–water partition coefficient (Wildman–Crippen LogP) is 1.30. The second kappa shape index (κ2) is 3.62. The summed E-state index contributed by atoms with van der Waals surface area (Å²) >= 11 is 0. The van der Waals surface area contributed by atoms with Crippen LogP contribution in [0.2, 0.25) is 0 Å². The SMILES string of the molecule is CC1=NC(=Cc2ccc3c(c2)OCO3)C(=O)N1. The van der Waals surface area contributed by atoms with Crippen LogP contribution in [0.25, 0.3) is 6.08 Å². The van der Waals surface area contributed by atoms with Gasteiger partial charge < -0.3 is 14.8 Å². The standard InChI is InChI=1S/C12H10N2O3/c1-7-13-9(12(15)14-7)4-8-2-3-10-11(5-8)17-6-16-10/h2-5H,6H2,1H3,(H,13,14,15). The summed E-state index contributed by atoms with van der Waals surface area (Å²) in [5, 5.41) is 2.63. The first-order valence-electron chi connectivity index (χ1n) is 5.20. The van der Waals surface area contributed by atoms with Gasteiger partial charge in [-0.3, -0.25) is 4.79 Å². The molecule has 3 rings (SSSR count). The van der Waals surface area contributed by atoms with Crippen LogP contribution in [-0.2, 0) is 4.79 Å². The Kier molecular flexibility index (Phi) is 2.11. The quantitative estimate of drug-likeness (QED) is 0.740. The van der Waals surface area contributed by atoms with Gasteiger partial charge in [0.25, 0.3) is 5.91 Å². The number of ether oxygens (including phenoxy) is 2. The Morgan fingerprint density at radius 1 is 1.35 bits per heavy atom. The van der Waals surface area contributed by atoms with Crippen molar-refractivity contribution >= 4 is 17.8 Å². The second-order valence-electron chi connectivity index (χ2n) is 3.79. The summed E-state index contributed by atoms with van der Waals surface area (Å²) < 4.78 is 10.5. The fourth-order valence-electron chi connectivity index (χ4n) is 1.75. The first-order chi connectivity index (χ1) is 8.22. The van der Waals surface area contributed by atoms with Gasteiger partial charge in [-0.05, 0) is 30.7 Å². The molecule has 2 heterocycles. The molecule has 2 aliphatic heterocycles. The number of nitrogens with zero attached hydrogens (tertiary/aromatic N) is 1. The van der Waals surface area contributed by atoms with Crippen molar-refractivity contribution < 1.29 is 14.3 Å². The summed E-state index contributed by atoms with van der Waals surface area (Å²) in [6.45, 7) is 1.99. The zero-order valence-electron chi connectivity index (χ0n) is 9.19. The van der Waals surface area contributed by atoms with E-state index in [-0.39, 0.29) is 12.7 Å². The number of rotatable bonds is 1. The van der Waals surface area contributed by atoms with Crippen LogP contribution in [0.3, 0.4) is 0 Å². The lowest BCUT2D eigenvalue weighted by Gasteiger charge is -1.98. The third kappa shape index (κ3) is 1.75. The van der Waals surface area contributed by atoms with Crippen molar-refractivity contribution in [1.29, 1.82) is 0 Å². The lowest BCUT2D eigenvalue weighted by molar-refractivity contribution is -0.115. The number of carbonyl (C=O) groups is 1. The number of carbonyl (C=O) groups excluding carboxylic acids is 1. The third-order valence-corrected chi connectivity index (χ3v) is 2.52. The number of aliphatic imine (C=N–C) groups is 1. The molecule has 0 saturated heterocycles. The van der Waals surface area contributed by atoms with E-state index in [4.69, 9.17) is 9.47 Å². The molecule has 0 saturated carbocycles. The number of fused-ring (bicyclic) bond motifs is 1. The fourth-order valence-corrected chi connectivity index (χ4v) is 1.75. The largest absolute Gasteiger partial charge is 0.454 e. The minimum Gasteiger partial charge on any atom is -0.454 e. The molecule has 1 aromatic rings. The van der Waals surface area contributed by atoms with E-state index in [1.807, 2.05) is 18.2 Å². The molecule has 0 bridgehead atoms. The maximum Gasteiger partial charge on any atom is 0.275 e. The van der Waals surface area contributed by atoms with E-state index < -0.39 is 0 Å². The van der Waals surface area contributed by atoms with Gasteiger partial charge in [0.05, 0.1) is 0 Å². The van der Waals surface area contributed by atoms with Crippen LogP contribution < -0.4 is 14.8 Å². The highest BCUT2D eigenvalue weighted by atomic mass is 16.7. The second-order valence-corrected chi connectivity index (χ2v) is 3.79. The summed E-state index contributed by atoms with van der Waals surface area (Å²) in [5.74, 6) is 1.85. The zero-order valence-corrected chi connectivity index (χ0v) is 9.19. The normalized spacial score (nSPS) is 19.5. The van der Waals surface area contributed by atoms with Crippen molar-refractivity contribution in [2.75, 3.05) is 6.79 Å². The molecular formula is C12H10N2O3. The minimum absolute atomic E-state index is 0.180. The Morgan fingerprint density at radius 2 is 2.18 bits per heavy atom. The molecule has 1 N–H and O–H groups in total. The van der Waals surface area contributed by atoms with Crippen molar-refractivity contribution in [3.63, 3.8) is 0 Å². The van der Waals surface area contributed by atoms with Gasteiger partial charge in [-0.15, -0.1) is 0 Å². The smallest absolute Gasteiger partial charge is 0.275 e. The van der Waals surface area contributed by atoms with E-state index in [2.05, 4.69) is 10.3 Å². The summed E-state index contributed by atoms with van der Waals surface area (Å²) in [6, 6.07) is 5.50. The van der Waals surface area contributed by atoms with Crippen molar-refractivity contribution in [3.8, 4) is 11.5 Å². The molecule has 5 nitrogen and oxygen atoms in total. The molecule has 1 aromatic carbocycles. The van der Waals surface area contributed by atoms with Gasteiger partial charge in [0, 0.05) is 0 Å². The molecule has 0 atom stereocenters. The lowest BCUT2D eigenvalue weighted by atomic mass is 10.1. The monoisotopic (exact) mass is 230 g/mol. The van der Waals surface area contributed by atoms with E-state index in [0.717, 1.165) is 11.3 Å². The molecular weight excluding hydrogens is 220 g/mol. The van der Waals surface area contributed by atoms with Crippen molar-refractivity contribution in [2.45, 2.75) is 6.92 Å². The molecule has 0 spiro atoms. The molecule has 0 unspecified atom stereocenters. The lowest BCUT2D eigenvalue weighted by Crippen LogP contribution is -2.21. The molecule has 0 radical (unpaired) electrons. The minimum atomic E-state index is -0.180. The highest BCUT2D eigenvalue weighted by Crippen LogP contribution is 2.33. The maximum absolute atomic E-state index is 11.5. The molecule has 86 valence electrons. The van der Waals surface area contributed by atoms with Crippen LogP contribution in [0.15, 0.2) is 28.9 Å². The van der Waals surface area contributed by atoms with Gasteiger partial charge in [0.15, 0.2) is 11.5 Å². The molecule has 17 heavy (non-hydrogen) atoms. The highest BCUT2D eigenvalue weighted by molar-refractivity contribution is 6.13. The number of amidine groups is 1. The van der Waals surface area contributed by atoms with Crippen molar-refractivity contribution in [2.24, 2.45) is 4.99 Å². The van der Waals surface area contributed by atoms with E-state index in [0.29, 0.717) is 17.3 Å². The Bertz CT molecular complexity index is 561. The predicted molar refractivity (Wildman–Crippen MR) is 61.8 cm³/mol. The summed E-state index contributed by atoms with van der Waals surface area (Å²) in [6.07, 6.45) is 1.72. The number of hydrogen-bond donors (Lipinski definition) is 1. The van der Waals surface area contributed by atoms with Gasteiger partial charge in [-0.1, -0.05) is 6.07 Å². The molecule has 0 fully saturated rings. The van der Waals surface area contributed by atoms with Gasteiger partial charge in [0.2, 0.25) is 6.79 Å². The van der Waals surface area contributed by atoms with Gasteiger partial charge in [0.1, 0.15) is 11.5 Å². The Balaban J connectivity index is 1.96. The van der Waals surface area contributed by atoms with Crippen LogP contribution in [-0.4, -0.2) is 18.5 Å². The molecule has 0 aliphatic carbocycles. The Morgan fingerprint density at radius 3 is 2.94 bits per heavy atom. The molecule has 5 heteroatoms. The zero-order chi connectivity index (χ0) is 11.8. The van der Waals surface area contributed by atoms with Gasteiger partial charge in [-0.2, -0.15) is 0 Å². The third-order valence-electron chi connectivity index (χ3n) is 2.52.